The van der Waals surface area contributed by atoms with Gasteiger partial charge in [0.15, 0.2) is 0 Å². The van der Waals surface area contributed by atoms with Crippen molar-refractivity contribution in [3.8, 4) is 0 Å². The Balaban J connectivity index is 1.99. The Morgan fingerprint density at radius 2 is 1.76 bits per heavy atom. The molecule has 1 saturated carbocycles. The summed E-state index contributed by atoms with van der Waals surface area (Å²) in [4.78, 5) is 24.6. The Labute approximate surface area is 102 Å². The van der Waals surface area contributed by atoms with Crippen LogP contribution in [0.15, 0.2) is 0 Å². The molecule has 2 rings (SSSR count). The molecule has 2 aliphatic rings. The molecule has 2 amide bonds. The largest absolute Gasteiger partial charge is 0.388 e. The summed E-state index contributed by atoms with van der Waals surface area (Å²) in [7, 11) is 0. The first kappa shape index (κ1) is 12.6. The topological polar surface area (TPSA) is 57.6 Å². The normalized spacial score (nSPS) is 35.2. The predicted octanol–water partition coefficient (Wildman–Crippen LogP) is 1.47. The standard InChI is InChI=1S/C13H21NO3/c1-10-5-7-13(17,8-6-10)9-14-11(15)3-2-4-12(14)16/h10,17H,2-9H2,1H3. The van der Waals surface area contributed by atoms with E-state index in [1.807, 2.05) is 0 Å². The zero-order chi connectivity index (χ0) is 12.5. The van der Waals surface area contributed by atoms with Crippen molar-refractivity contribution in [2.24, 2.45) is 5.92 Å². The van der Waals surface area contributed by atoms with Crippen molar-refractivity contribution < 1.29 is 14.7 Å². The highest BCUT2D eigenvalue weighted by Gasteiger charge is 2.37. The molecule has 0 spiro atoms. The Bertz CT molecular complexity index is 303. The number of piperidine rings is 1. The van der Waals surface area contributed by atoms with E-state index in [4.69, 9.17) is 0 Å². The number of carbonyl (C=O) groups is 2. The van der Waals surface area contributed by atoms with Crippen molar-refractivity contribution in [3.63, 3.8) is 0 Å². The molecule has 96 valence electrons. The van der Waals surface area contributed by atoms with Crippen molar-refractivity contribution in [1.29, 1.82) is 0 Å². The number of carbonyl (C=O) groups excluding carboxylic acids is 2. The Hall–Kier alpha value is -0.900. The van der Waals surface area contributed by atoms with Gasteiger partial charge in [0.25, 0.3) is 0 Å². The lowest BCUT2D eigenvalue weighted by Gasteiger charge is -2.39. The number of amides is 2. The highest BCUT2D eigenvalue weighted by atomic mass is 16.3. The van der Waals surface area contributed by atoms with Crippen molar-refractivity contribution in [1.82, 2.24) is 4.90 Å². The van der Waals surface area contributed by atoms with Gasteiger partial charge in [-0.2, -0.15) is 0 Å². The van der Waals surface area contributed by atoms with Crippen LogP contribution in [0.5, 0.6) is 0 Å². The zero-order valence-electron chi connectivity index (χ0n) is 10.4. The van der Waals surface area contributed by atoms with Gasteiger partial charge in [0.1, 0.15) is 0 Å². The molecule has 0 aromatic rings. The van der Waals surface area contributed by atoms with Crippen LogP contribution in [0.4, 0.5) is 0 Å². The Morgan fingerprint density at radius 3 is 2.29 bits per heavy atom. The summed E-state index contributed by atoms with van der Waals surface area (Å²) in [6.07, 6.45) is 4.90. The third-order valence-corrected chi connectivity index (χ3v) is 4.04. The number of hydrogen-bond acceptors (Lipinski definition) is 3. The Kier molecular flexibility index (Phi) is 3.52. The first-order valence-electron chi connectivity index (χ1n) is 6.56. The lowest BCUT2D eigenvalue weighted by atomic mass is 9.79. The summed E-state index contributed by atoms with van der Waals surface area (Å²) in [5, 5.41) is 10.4. The molecule has 17 heavy (non-hydrogen) atoms. The molecule has 0 atom stereocenters. The summed E-state index contributed by atoms with van der Waals surface area (Å²) in [6, 6.07) is 0. The maximum absolute atomic E-state index is 11.7. The number of aliphatic hydroxyl groups is 1. The van der Waals surface area contributed by atoms with Crippen LogP contribution in [0.2, 0.25) is 0 Å². The second-order valence-corrected chi connectivity index (χ2v) is 5.63. The van der Waals surface area contributed by atoms with E-state index in [2.05, 4.69) is 6.92 Å². The molecule has 0 bridgehead atoms. The van der Waals surface area contributed by atoms with E-state index in [0.29, 0.717) is 38.0 Å². The molecular weight excluding hydrogens is 218 g/mol. The zero-order valence-corrected chi connectivity index (χ0v) is 10.4. The van der Waals surface area contributed by atoms with Gasteiger partial charge in [0.05, 0.1) is 12.1 Å². The number of imide groups is 1. The fourth-order valence-electron chi connectivity index (χ4n) is 2.73. The number of likely N-dealkylation sites (tertiary alicyclic amines) is 1. The van der Waals surface area contributed by atoms with Gasteiger partial charge >= 0.3 is 0 Å². The number of rotatable bonds is 2. The molecule has 1 saturated heterocycles. The minimum atomic E-state index is -0.838. The molecular formula is C13H21NO3. The molecule has 0 aromatic heterocycles. The molecule has 1 N–H and O–H groups in total. The number of β-amino-alcohol motifs (C(OH)–C–C–N with tert-alkyl or cyclic N) is 1. The van der Waals surface area contributed by atoms with Crippen molar-refractivity contribution in [2.45, 2.75) is 57.5 Å². The summed E-state index contributed by atoms with van der Waals surface area (Å²) in [5.74, 6) is 0.407. The summed E-state index contributed by atoms with van der Waals surface area (Å²) in [5.41, 5.74) is -0.838. The van der Waals surface area contributed by atoms with Crippen molar-refractivity contribution >= 4 is 11.8 Å². The average Bonchev–Trinajstić information content (AvgIpc) is 2.29. The van der Waals surface area contributed by atoms with Crippen LogP contribution in [0, 0.1) is 5.92 Å². The summed E-state index contributed by atoms with van der Waals surface area (Å²) >= 11 is 0. The van der Waals surface area contributed by atoms with E-state index in [9.17, 15) is 14.7 Å². The van der Waals surface area contributed by atoms with Gasteiger partial charge in [-0.25, -0.2) is 0 Å². The fourth-order valence-corrected chi connectivity index (χ4v) is 2.73. The first-order valence-corrected chi connectivity index (χ1v) is 6.56. The van der Waals surface area contributed by atoms with E-state index in [1.54, 1.807) is 0 Å². The third kappa shape index (κ3) is 2.86. The van der Waals surface area contributed by atoms with E-state index in [-0.39, 0.29) is 18.4 Å². The van der Waals surface area contributed by atoms with E-state index in [1.165, 1.54) is 4.90 Å². The predicted molar refractivity (Wildman–Crippen MR) is 63.2 cm³/mol. The van der Waals surface area contributed by atoms with Crippen LogP contribution in [0.25, 0.3) is 0 Å². The van der Waals surface area contributed by atoms with E-state index >= 15 is 0 Å². The maximum Gasteiger partial charge on any atom is 0.229 e. The summed E-state index contributed by atoms with van der Waals surface area (Å²) < 4.78 is 0. The number of nitrogens with zero attached hydrogens (tertiary/aromatic N) is 1. The molecule has 0 unspecified atom stereocenters. The van der Waals surface area contributed by atoms with Gasteiger partial charge in [0, 0.05) is 12.8 Å². The van der Waals surface area contributed by atoms with Crippen LogP contribution >= 0.6 is 0 Å². The lowest BCUT2D eigenvalue weighted by Crippen LogP contribution is -2.51. The van der Waals surface area contributed by atoms with Gasteiger partial charge in [-0.1, -0.05) is 6.92 Å². The minimum Gasteiger partial charge on any atom is -0.388 e. The van der Waals surface area contributed by atoms with Crippen LogP contribution in [-0.2, 0) is 9.59 Å². The molecule has 1 aliphatic heterocycles. The van der Waals surface area contributed by atoms with Gasteiger partial charge in [-0.05, 0) is 38.0 Å². The monoisotopic (exact) mass is 239 g/mol. The van der Waals surface area contributed by atoms with Crippen LogP contribution in [0.3, 0.4) is 0 Å². The number of hydrogen-bond donors (Lipinski definition) is 1. The Morgan fingerprint density at radius 1 is 1.24 bits per heavy atom. The van der Waals surface area contributed by atoms with Crippen LogP contribution < -0.4 is 0 Å². The molecule has 0 aromatic carbocycles. The second kappa shape index (κ2) is 4.77. The van der Waals surface area contributed by atoms with Crippen molar-refractivity contribution in [3.05, 3.63) is 0 Å². The molecule has 4 heteroatoms. The highest BCUT2D eigenvalue weighted by Crippen LogP contribution is 2.33. The van der Waals surface area contributed by atoms with Crippen LogP contribution in [-0.4, -0.2) is 34.0 Å². The quantitative estimate of drug-likeness (QED) is 0.742. The lowest BCUT2D eigenvalue weighted by molar-refractivity contribution is -0.153. The molecule has 4 nitrogen and oxygen atoms in total. The molecule has 1 aliphatic carbocycles. The molecule has 0 radical (unpaired) electrons. The minimum absolute atomic E-state index is 0.117. The smallest absolute Gasteiger partial charge is 0.229 e. The van der Waals surface area contributed by atoms with Crippen LogP contribution in [0.1, 0.15) is 51.9 Å². The molecule has 1 heterocycles. The van der Waals surface area contributed by atoms with E-state index in [0.717, 1.165) is 12.8 Å². The first-order chi connectivity index (χ1) is 8.00. The van der Waals surface area contributed by atoms with Gasteiger partial charge in [-0.3, -0.25) is 14.5 Å². The SMILES string of the molecule is CC1CCC(O)(CN2C(=O)CCCC2=O)CC1. The fraction of sp³-hybridized carbons (Fsp3) is 0.846. The average molecular weight is 239 g/mol. The van der Waals surface area contributed by atoms with Gasteiger partial charge in [0.2, 0.25) is 11.8 Å². The summed E-state index contributed by atoms with van der Waals surface area (Å²) in [6.45, 7) is 2.38. The second-order valence-electron chi connectivity index (χ2n) is 5.63. The van der Waals surface area contributed by atoms with E-state index < -0.39 is 5.60 Å². The highest BCUT2D eigenvalue weighted by molar-refractivity contribution is 5.97. The van der Waals surface area contributed by atoms with Gasteiger partial charge < -0.3 is 5.11 Å². The maximum atomic E-state index is 11.7. The van der Waals surface area contributed by atoms with Gasteiger partial charge in [-0.15, -0.1) is 0 Å². The van der Waals surface area contributed by atoms with Crippen molar-refractivity contribution in [2.75, 3.05) is 6.54 Å². The molecule has 2 fully saturated rings. The third-order valence-electron chi connectivity index (χ3n) is 4.04.